The van der Waals surface area contributed by atoms with Gasteiger partial charge in [0.1, 0.15) is 5.82 Å². The van der Waals surface area contributed by atoms with Crippen LogP contribution in [0.25, 0.3) is 22.4 Å². The maximum Gasteiger partial charge on any atom is 0.311 e. The summed E-state index contributed by atoms with van der Waals surface area (Å²) in [5, 5.41) is 16.3. The normalized spacial score (nSPS) is 14.9. The van der Waals surface area contributed by atoms with Crippen molar-refractivity contribution in [3.63, 3.8) is 0 Å². The van der Waals surface area contributed by atoms with Crippen LogP contribution in [0, 0.1) is 18.2 Å². The smallest absolute Gasteiger partial charge is 0.311 e. The molecule has 1 fully saturated rings. The SMILES string of the molecule is Cc1noc2nc(-c3ccc(F)cc3)cc(C(=O)NCC3(C(=O)O)CC3)c12. The Labute approximate surface area is 153 Å². The van der Waals surface area contributed by atoms with Crippen molar-refractivity contribution in [3.8, 4) is 11.3 Å². The third-order valence-electron chi connectivity index (χ3n) is 4.90. The van der Waals surface area contributed by atoms with Crippen LogP contribution in [0.2, 0.25) is 0 Å². The molecule has 2 N–H and O–H groups in total. The van der Waals surface area contributed by atoms with E-state index in [1.165, 1.54) is 12.1 Å². The zero-order valence-corrected chi connectivity index (χ0v) is 14.5. The Hall–Kier alpha value is -3.29. The van der Waals surface area contributed by atoms with E-state index in [1.807, 2.05) is 0 Å². The fraction of sp³-hybridized carbons (Fsp3) is 0.263. The van der Waals surface area contributed by atoms with Crippen molar-refractivity contribution >= 4 is 23.0 Å². The molecule has 7 nitrogen and oxygen atoms in total. The summed E-state index contributed by atoms with van der Waals surface area (Å²) in [4.78, 5) is 28.5. The minimum Gasteiger partial charge on any atom is -0.481 e. The second-order valence-corrected chi connectivity index (χ2v) is 6.78. The highest BCUT2D eigenvalue weighted by Gasteiger charge is 2.50. The highest BCUT2D eigenvalue weighted by molar-refractivity contribution is 6.07. The summed E-state index contributed by atoms with van der Waals surface area (Å²) in [6.45, 7) is 1.75. The monoisotopic (exact) mass is 369 g/mol. The molecule has 0 aliphatic heterocycles. The average molecular weight is 369 g/mol. The van der Waals surface area contributed by atoms with Gasteiger partial charge in [0, 0.05) is 12.1 Å². The number of pyridine rings is 1. The van der Waals surface area contributed by atoms with E-state index in [0.717, 1.165) is 0 Å². The van der Waals surface area contributed by atoms with Crippen molar-refractivity contribution in [2.45, 2.75) is 19.8 Å². The lowest BCUT2D eigenvalue weighted by molar-refractivity contribution is -0.143. The zero-order valence-electron chi connectivity index (χ0n) is 14.5. The third kappa shape index (κ3) is 3.03. The molecule has 0 spiro atoms. The molecule has 0 bridgehead atoms. The molecule has 2 heterocycles. The highest BCUT2D eigenvalue weighted by atomic mass is 19.1. The van der Waals surface area contributed by atoms with Gasteiger partial charge in [-0.05, 0) is 50.1 Å². The zero-order chi connectivity index (χ0) is 19.2. The van der Waals surface area contributed by atoms with E-state index in [9.17, 15) is 19.1 Å². The van der Waals surface area contributed by atoms with Crippen molar-refractivity contribution < 1.29 is 23.6 Å². The van der Waals surface area contributed by atoms with Crippen LogP contribution >= 0.6 is 0 Å². The summed E-state index contributed by atoms with van der Waals surface area (Å²) in [6.07, 6.45) is 1.09. The number of aryl methyl sites for hydroxylation is 1. The van der Waals surface area contributed by atoms with Crippen LogP contribution in [0.3, 0.4) is 0 Å². The Morgan fingerprint density at radius 2 is 2.00 bits per heavy atom. The number of hydrogen-bond acceptors (Lipinski definition) is 5. The van der Waals surface area contributed by atoms with Gasteiger partial charge in [-0.3, -0.25) is 9.59 Å². The van der Waals surface area contributed by atoms with Gasteiger partial charge in [0.05, 0.1) is 27.8 Å². The van der Waals surface area contributed by atoms with E-state index in [-0.39, 0.29) is 18.1 Å². The minimum atomic E-state index is -0.907. The predicted octanol–water partition coefficient (Wildman–Crippen LogP) is 2.93. The molecule has 0 radical (unpaired) electrons. The van der Waals surface area contributed by atoms with Crippen LogP contribution in [0.15, 0.2) is 34.9 Å². The minimum absolute atomic E-state index is 0.0567. The lowest BCUT2D eigenvalue weighted by Gasteiger charge is -2.12. The van der Waals surface area contributed by atoms with Crippen molar-refractivity contribution in [2.24, 2.45) is 5.41 Å². The molecule has 2 aromatic heterocycles. The maximum absolute atomic E-state index is 13.2. The van der Waals surface area contributed by atoms with E-state index in [0.29, 0.717) is 40.7 Å². The number of nitrogens with zero attached hydrogens (tertiary/aromatic N) is 2. The molecule has 1 amide bonds. The van der Waals surface area contributed by atoms with Gasteiger partial charge in [-0.1, -0.05) is 5.16 Å². The van der Waals surface area contributed by atoms with Crippen molar-refractivity contribution in [1.82, 2.24) is 15.5 Å². The number of fused-ring (bicyclic) bond motifs is 1. The van der Waals surface area contributed by atoms with Gasteiger partial charge in [0.15, 0.2) is 0 Å². The van der Waals surface area contributed by atoms with E-state index >= 15 is 0 Å². The number of carbonyl (C=O) groups excluding carboxylic acids is 1. The molecule has 1 saturated carbocycles. The van der Waals surface area contributed by atoms with Crippen molar-refractivity contribution in [2.75, 3.05) is 6.54 Å². The first-order valence-electron chi connectivity index (χ1n) is 8.44. The molecule has 4 rings (SSSR count). The molecular formula is C19H16FN3O4. The second-order valence-electron chi connectivity index (χ2n) is 6.78. The van der Waals surface area contributed by atoms with Crippen LogP contribution in [0.5, 0.6) is 0 Å². The first-order chi connectivity index (χ1) is 12.9. The highest BCUT2D eigenvalue weighted by Crippen LogP contribution is 2.45. The van der Waals surface area contributed by atoms with Crippen LogP contribution in [0.1, 0.15) is 28.9 Å². The van der Waals surface area contributed by atoms with Crippen LogP contribution in [-0.4, -0.2) is 33.7 Å². The molecule has 3 aromatic rings. The summed E-state index contributed by atoms with van der Waals surface area (Å²) >= 11 is 0. The van der Waals surface area contributed by atoms with E-state index in [1.54, 1.807) is 25.1 Å². The van der Waals surface area contributed by atoms with Gasteiger partial charge in [-0.25, -0.2) is 9.37 Å². The molecule has 1 aliphatic carbocycles. The Morgan fingerprint density at radius 3 is 2.63 bits per heavy atom. The largest absolute Gasteiger partial charge is 0.481 e. The van der Waals surface area contributed by atoms with Gasteiger partial charge in [-0.2, -0.15) is 0 Å². The number of benzene rings is 1. The maximum atomic E-state index is 13.2. The van der Waals surface area contributed by atoms with Crippen LogP contribution in [-0.2, 0) is 4.79 Å². The Kier molecular flexibility index (Phi) is 3.91. The fourth-order valence-corrected chi connectivity index (χ4v) is 3.00. The van der Waals surface area contributed by atoms with E-state index < -0.39 is 17.3 Å². The topological polar surface area (TPSA) is 105 Å². The molecule has 138 valence electrons. The van der Waals surface area contributed by atoms with Crippen molar-refractivity contribution in [1.29, 1.82) is 0 Å². The first-order valence-corrected chi connectivity index (χ1v) is 8.44. The molecule has 8 heteroatoms. The molecular weight excluding hydrogens is 353 g/mol. The average Bonchev–Trinajstić information content (AvgIpc) is 3.37. The number of halogens is 1. The Morgan fingerprint density at radius 1 is 1.30 bits per heavy atom. The molecule has 1 aliphatic rings. The van der Waals surface area contributed by atoms with Gasteiger partial charge in [-0.15, -0.1) is 0 Å². The number of nitrogens with one attached hydrogen (secondary N) is 1. The number of amides is 1. The molecule has 0 unspecified atom stereocenters. The first kappa shape index (κ1) is 17.1. The summed E-state index contributed by atoms with van der Waals surface area (Å²) in [5.74, 6) is -1.71. The summed E-state index contributed by atoms with van der Waals surface area (Å²) in [6, 6.07) is 7.29. The van der Waals surface area contributed by atoms with Gasteiger partial charge >= 0.3 is 5.97 Å². The fourth-order valence-electron chi connectivity index (χ4n) is 3.00. The molecule has 27 heavy (non-hydrogen) atoms. The molecule has 1 aromatic carbocycles. The standard InChI is InChI=1S/C19H16FN3O4/c1-10-15-13(16(24)21-9-19(6-7-19)18(25)26)8-14(22-17(15)27-23-10)11-2-4-12(20)5-3-11/h2-5,8H,6-7,9H2,1H3,(H,21,24)(H,25,26). The number of hydrogen-bond donors (Lipinski definition) is 2. The number of carboxylic acids is 1. The van der Waals surface area contributed by atoms with Gasteiger partial charge in [0.2, 0.25) is 0 Å². The summed E-state index contributed by atoms with van der Waals surface area (Å²) < 4.78 is 18.4. The quantitative estimate of drug-likeness (QED) is 0.716. The summed E-state index contributed by atoms with van der Waals surface area (Å²) in [5.41, 5.74) is 1.17. The molecule has 0 atom stereocenters. The number of rotatable bonds is 5. The number of aliphatic carboxylic acids is 1. The molecule has 0 saturated heterocycles. The summed E-state index contributed by atoms with van der Waals surface area (Å²) in [7, 11) is 0. The van der Waals surface area contributed by atoms with Crippen LogP contribution in [0.4, 0.5) is 4.39 Å². The van der Waals surface area contributed by atoms with E-state index in [4.69, 9.17) is 4.52 Å². The number of carboxylic acid groups (broad SMARTS) is 1. The van der Waals surface area contributed by atoms with Gasteiger partial charge in [0.25, 0.3) is 11.6 Å². The van der Waals surface area contributed by atoms with Crippen molar-refractivity contribution in [3.05, 3.63) is 47.4 Å². The van der Waals surface area contributed by atoms with Gasteiger partial charge < -0.3 is 14.9 Å². The lowest BCUT2D eigenvalue weighted by atomic mass is 10.0. The predicted molar refractivity (Wildman–Crippen MR) is 93.6 cm³/mol. The second kappa shape index (κ2) is 6.15. The van der Waals surface area contributed by atoms with E-state index in [2.05, 4.69) is 15.5 Å². The number of carbonyl (C=O) groups is 2. The lowest BCUT2D eigenvalue weighted by Crippen LogP contribution is -2.34. The van der Waals surface area contributed by atoms with Crippen LogP contribution < -0.4 is 5.32 Å². The third-order valence-corrected chi connectivity index (χ3v) is 4.90. The number of aromatic nitrogens is 2. The Balaban J connectivity index is 1.72. The Bertz CT molecular complexity index is 1050.